The van der Waals surface area contributed by atoms with Crippen molar-refractivity contribution in [3.8, 4) is 0 Å². The van der Waals surface area contributed by atoms with Crippen molar-refractivity contribution in [2.75, 3.05) is 52.4 Å². The van der Waals surface area contributed by atoms with Gasteiger partial charge in [0, 0.05) is 45.8 Å². The number of likely N-dealkylation sites (tertiary alicyclic amines) is 1. The summed E-state index contributed by atoms with van der Waals surface area (Å²) in [5, 5.41) is 0. The van der Waals surface area contributed by atoms with E-state index in [9.17, 15) is 4.79 Å². The largest absolute Gasteiger partial charge is 0.342 e. The molecular formula is C18H35N3O. The number of piperazine rings is 1. The van der Waals surface area contributed by atoms with Gasteiger partial charge in [-0.25, -0.2) is 0 Å². The highest BCUT2D eigenvalue weighted by molar-refractivity contribution is 5.78. The van der Waals surface area contributed by atoms with E-state index in [1.807, 2.05) is 0 Å². The van der Waals surface area contributed by atoms with E-state index in [4.69, 9.17) is 0 Å². The number of carbonyl (C=O) groups excluding carboxylic acids is 1. The summed E-state index contributed by atoms with van der Waals surface area (Å²) in [7, 11) is 0. The molecule has 0 aromatic heterocycles. The molecule has 0 unspecified atom stereocenters. The maximum atomic E-state index is 12.5. The molecule has 2 rings (SSSR count). The second kappa shape index (κ2) is 8.30. The van der Waals surface area contributed by atoms with Crippen molar-refractivity contribution >= 4 is 5.91 Å². The molecule has 0 N–H and O–H groups in total. The second-order valence-corrected chi connectivity index (χ2v) is 7.93. The second-order valence-electron chi connectivity index (χ2n) is 7.93. The Morgan fingerprint density at radius 2 is 1.45 bits per heavy atom. The molecule has 22 heavy (non-hydrogen) atoms. The molecule has 0 bridgehead atoms. The molecule has 0 spiro atoms. The molecule has 0 aromatic carbocycles. The molecule has 1 amide bonds. The highest BCUT2D eigenvalue weighted by Crippen LogP contribution is 2.24. The van der Waals surface area contributed by atoms with Crippen LogP contribution in [0.15, 0.2) is 0 Å². The Morgan fingerprint density at radius 3 is 1.95 bits per heavy atom. The van der Waals surface area contributed by atoms with Gasteiger partial charge in [-0.05, 0) is 30.6 Å². The van der Waals surface area contributed by atoms with E-state index in [2.05, 4.69) is 42.4 Å². The molecule has 2 saturated heterocycles. The Morgan fingerprint density at radius 1 is 0.909 bits per heavy atom. The van der Waals surface area contributed by atoms with Gasteiger partial charge in [0.1, 0.15) is 0 Å². The smallest absolute Gasteiger partial charge is 0.236 e. The van der Waals surface area contributed by atoms with Crippen LogP contribution in [-0.2, 0) is 4.79 Å². The molecule has 0 aliphatic carbocycles. The molecule has 4 heteroatoms. The zero-order chi connectivity index (χ0) is 16.1. The molecule has 2 aliphatic heterocycles. The Labute approximate surface area is 136 Å². The van der Waals surface area contributed by atoms with Crippen LogP contribution in [0.25, 0.3) is 0 Å². The predicted molar refractivity (Wildman–Crippen MR) is 91.9 cm³/mol. The van der Waals surface area contributed by atoms with Crippen LogP contribution in [0, 0.1) is 17.8 Å². The minimum Gasteiger partial charge on any atom is -0.342 e. The summed E-state index contributed by atoms with van der Waals surface area (Å²) < 4.78 is 0. The van der Waals surface area contributed by atoms with Crippen molar-refractivity contribution in [1.82, 2.24) is 14.7 Å². The highest BCUT2D eigenvalue weighted by Gasteiger charge is 2.26. The van der Waals surface area contributed by atoms with E-state index in [0.717, 1.165) is 57.0 Å². The van der Waals surface area contributed by atoms with Crippen LogP contribution in [0.5, 0.6) is 0 Å². The lowest BCUT2D eigenvalue weighted by molar-refractivity contribution is -0.134. The summed E-state index contributed by atoms with van der Waals surface area (Å²) in [6.45, 7) is 17.2. The van der Waals surface area contributed by atoms with Gasteiger partial charge in [0.25, 0.3) is 0 Å². The van der Waals surface area contributed by atoms with Gasteiger partial charge in [0.05, 0.1) is 6.54 Å². The first-order valence-corrected chi connectivity index (χ1v) is 9.18. The summed E-state index contributed by atoms with van der Waals surface area (Å²) >= 11 is 0. The summed E-state index contributed by atoms with van der Waals surface area (Å²) in [6.07, 6.45) is 2.37. The van der Waals surface area contributed by atoms with Crippen molar-refractivity contribution in [2.45, 2.75) is 40.5 Å². The zero-order valence-corrected chi connectivity index (χ0v) is 15.1. The molecule has 0 aromatic rings. The maximum Gasteiger partial charge on any atom is 0.236 e. The van der Waals surface area contributed by atoms with Gasteiger partial charge < -0.3 is 9.80 Å². The van der Waals surface area contributed by atoms with Crippen LogP contribution in [0.1, 0.15) is 40.5 Å². The van der Waals surface area contributed by atoms with Gasteiger partial charge in [0.2, 0.25) is 5.91 Å². The predicted octanol–water partition coefficient (Wildman–Crippen LogP) is 2.15. The molecule has 0 saturated carbocycles. The van der Waals surface area contributed by atoms with Crippen LogP contribution < -0.4 is 0 Å². The third-order valence-corrected chi connectivity index (χ3v) is 5.28. The first-order chi connectivity index (χ1) is 10.5. The Balaban J connectivity index is 1.68. The fourth-order valence-electron chi connectivity index (χ4n) is 3.75. The minimum absolute atomic E-state index is 0.347. The normalized spacial score (nSPS) is 22.7. The number of nitrogens with zero attached hydrogens (tertiary/aromatic N) is 3. The molecular weight excluding hydrogens is 274 g/mol. The van der Waals surface area contributed by atoms with Crippen molar-refractivity contribution in [2.24, 2.45) is 17.8 Å². The van der Waals surface area contributed by atoms with E-state index in [1.165, 1.54) is 19.4 Å². The third-order valence-electron chi connectivity index (χ3n) is 5.28. The van der Waals surface area contributed by atoms with E-state index in [0.29, 0.717) is 12.5 Å². The Bertz CT molecular complexity index is 340. The summed E-state index contributed by atoms with van der Waals surface area (Å²) in [4.78, 5) is 19.4. The van der Waals surface area contributed by atoms with Crippen molar-refractivity contribution < 1.29 is 4.79 Å². The Hall–Kier alpha value is -0.610. The fourth-order valence-corrected chi connectivity index (χ4v) is 3.75. The molecule has 128 valence electrons. The lowest BCUT2D eigenvalue weighted by atomic mass is 9.87. The van der Waals surface area contributed by atoms with Crippen LogP contribution >= 0.6 is 0 Å². The van der Waals surface area contributed by atoms with Crippen LogP contribution in [-0.4, -0.2) is 73.0 Å². The molecule has 2 heterocycles. The average Bonchev–Trinajstić information content (AvgIpc) is 2.49. The van der Waals surface area contributed by atoms with Crippen molar-refractivity contribution in [1.29, 1.82) is 0 Å². The first-order valence-electron chi connectivity index (χ1n) is 9.18. The van der Waals surface area contributed by atoms with Gasteiger partial charge in [0.15, 0.2) is 0 Å². The number of hydrogen-bond acceptors (Lipinski definition) is 3. The summed E-state index contributed by atoms with van der Waals surface area (Å²) in [5.41, 5.74) is 0. The zero-order valence-electron chi connectivity index (χ0n) is 15.1. The van der Waals surface area contributed by atoms with Crippen molar-refractivity contribution in [3.63, 3.8) is 0 Å². The number of rotatable bonds is 5. The van der Waals surface area contributed by atoms with Gasteiger partial charge in [-0.15, -0.1) is 0 Å². The van der Waals surface area contributed by atoms with Gasteiger partial charge >= 0.3 is 0 Å². The molecule has 4 nitrogen and oxygen atoms in total. The molecule has 2 aliphatic rings. The quantitative estimate of drug-likeness (QED) is 0.778. The van der Waals surface area contributed by atoms with Crippen LogP contribution in [0.3, 0.4) is 0 Å². The van der Waals surface area contributed by atoms with Crippen LogP contribution in [0.2, 0.25) is 0 Å². The summed E-state index contributed by atoms with van der Waals surface area (Å²) in [6, 6.07) is 0. The van der Waals surface area contributed by atoms with Crippen LogP contribution in [0.4, 0.5) is 0 Å². The molecule has 2 fully saturated rings. The number of amides is 1. The average molecular weight is 309 g/mol. The monoisotopic (exact) mass is 309 g/mol. The van der Waals surface area contributed by atoms with Gasteiger partial charge in [-0.3, -0.25) is 9.69 Å². The molecule has 0 atom stereocenters. The van der Waals surface area contributed by atoms with E-state index in [1.54, 1.807) is 0 Å². The Kier molecular flexibility index (Phi) is 6.69. The number of carbonyl (C=O) groups is 1. The van der Waals surface area contributed by atoms with E-state index >= 15 is 0 Å². The van der Waals surface area contributed by atoms with Crippen molar-refractivity contribution in [3.05, 3.63) is 0 Å². The SMILES string of the molecule is CC(C)CN1CCN(CC(=O)N2CCC(C(C)C)CC2)CC1. The number of piperidine rings is 1. The van der Waals surface area contributed by atoms with E-state index in [-0.39, 0.29) is 0 Å². The topological polar surface area (TPSA) is 26.8 Å². The lowest BCUT2D eigenvalue weighted by Crippen LogP contribution is -2.51. The highest BCUT2D eigenvalue weighted by atomic mass is 16.2. The molecule has 0 radical (unpaired) electrons. The fraction of sp³-hybridized carbons (Fsp3) is 0.944. The standard InChI is InChI=1S/C18H35N3O/c1-15(2)13-19-9-11-20(12-10-19)14-18(22)21-7-5-17(6-8-21)16(3)4/h15-17H,5-14H2,1-4H3. The number of hydrogen-bond donors (Lipinski definition) is 0. The van der Waals surface area contributed by atoms with Gasteiger partial charge in [-0.2, -0.15) is 0 Å². The van der Waals surface area contributed by atoms with Gasteiger partial charge in [-0.1, -0.05) is 27.7 Å². The third kappa shape index (κ3) is 5.24. The summed E-state index contributed by atoms with van der Waals surface area (Å²) in [5.74, 6) is 2.64. The first kappa shape index (κ1) is 17.7. The minimum atomic E-state index is 0.347. The lowest BCUT2D eigenvalue weighted by Gasteiger charge is -2.38. The van der Waals surface area contributed by atoms with E-state index < -0.39 is 0 Å². The maximum absolute atomic E-state index is 12.5.